The fourth-order valence-electron chi connectivity index (χ4n) is 2.53. The van der Waals surface area contributed by atoms with E-state index in [-0.39, 0.29) is 11.9 Å². The van der Waals surface area contributed by atoms with Gasteiger partial charge in [-0.3, -0.25) is 4.79 Å². The van der Waals surface area contributed by atoms with E-state index in [1.807, 2.05) is 12.1 Å². The predicted molar refractivity (Wildman–Crippen MR) is 110 cm³/mol. The van der Waals surface area contributed by atoms with Crippen molar-refractivity contribution in [1.82, 2.24) is 5.32 Å². The summed E-state index contributed by atoms with van der Waals surface area (Å²) in [6.07, 6.45) is 0.863. The Labute approximate surface area is 164 Å². The average Bonchev–Trinajstić information content (AvgIpc) is 2.57. The molecule has 1 amide bonds. The fraction of sp³-hybridized carbons (Fsp3) is 0.350. The molecule has 5 heteroatoms. The molecule has 1 unspecified atom stereocenters. The van der Waals surface area contributed by atoms with Crippen LogP contribution in [0, 0.1) is 13.8 Å². The van der Waals surface area contributed by atoms with Crippen molar-refractivity contribution in [3.8, 4) is 0 Å². The third kappa shape index (κ3) is 5.95. The van der Waals surface area contributed by atoms with E-state index in [0.29, 0.717) is 21.6 Å². The first kappa shape index (κ1) is 20.2. The van der Waals surface area contributed by atoms with Gasteiger partial charge in [-0.1, -0.05) is 54.4 Å². The topological polar surface area (TPSA) is 29.1 Å². The van der Waals surface area contributed by atoms with Crippen LogP contribution in [0.4, 0.5) is 0 Å². The Bertz CT molecular complexity index is 748. The number of hydrogen-bond acceptors (Lipinski definition) is 2. The van der Waals surface area contributed by atoms with Crippen molar-refractivity contribution in [1.29, 1.82) is 0 Å². The summed E-state index contributed by atoms with van der Waals surface area (Å²) in [6.45, 7) is 6.27. The summed E-state index contributed by atoms with van der Waals surface area (Å²) in [4.78, 5) is 12.3. The van der Waals surface area contributed by atoms with Crippen LogP contribution >= 0.6 is 35.0 Å². The van der Waals surface area contributed by atoms with Crippen molar-refractivity contribution in [2.24, 2.45) is 0 Å². The molecule has 0 aliphatic rings. The molecule has 2 aromatic carbocycles. The fourth-order valence-corrected chi connectivity index (χ4v) is 3.93. The zero-order chi connectivity index (χ0) is 18.4. The van der Waals surface area contributed by atoms with E-state index in [1.54, 1.807) is 17.8 Å². The van der Waals surface area contributed by atoms with Gasteiger partial charge >= 0.3 is 0 Å². The van der Waals surface area contributed by atoms with Gasteiger partial charge in [-0.25, -0.2) is 0 Å². The van der Waals surface area contributed by atoms with Crippen molar-refractivity contribution in [2.75, 3.05) is 5.75 Å². The number of hydrogen-bond donors (Lipinski definition) is 1. The molecule has 0 radical (unpaired) electrons. The standard InChI is InChI=1S/C20H23Cl2NOS/c1-4-19(15-6-5-13(2)14(3)9-15)23-20(24)12-25-11-16-7-8-17(21)10-18(16)22/h5-10,19H,4,11-12H2,1-3H3,(H,23,24). The highest BCUT2D eigenvalue weighted by Gasteiger charge is 2.13. The maximum atomic E-state index is 12.3. The third-order valence-corrected chi connectivity index (χ3v) is 5.75. The Morgan fingerprint density at radius 1 is 1.12 bits per heavy atom. The van der Waals surface area contributed by atoms with Crippen molar-refractivity contribution < 1.29 is 4.79 Å². The maximum Gasteiger partial charge on any atom is 0.230 e. The number of aryl methyl sites for hydroxylation is 2. The number of carbonyl (C=O) groups is 1. The molecule has 0 aromatic heterocycles. The second-order valence-corrected chi connectivity index (χ2v) is 7.93. The number of halogens is 2. The molecular formula is C20H23Cl2NOS. The SMILES string of the molecule is CCC(NC(=O)CSCc1ccc(Cl)cc1Cl)c1ccc(C)c(C)c1. The number of benzene rings is 2. The van der Waals surface area contributed by atoms with Crippen LogP contribution in [0.5, 0.6) is 0 Å². The van der Waals surface area contributed by atoms with Gasteiger partial charge in [-0.05, 0) is 54.7 Å². The van der Waals surface area contributed by atoms with Crippen molar-refractivity contribution in [3.63, 3.8) is 0 Å². The highest BCUT2D eigenvalue weighted by atomic mass is 35.5. The van der Waals surface area contributed by atoms with Crippen LogP contribution in [0.15, 0.2) is 36.4 Å². The molecule has 2 aromatic rings. The molecule has 1 N–H and O–H groups in total. The number of rotatable bonds is 7. The lowest BCUT2D eigenvalue weighted by atomic mass is 9.99. The summed E-state index contributed by atoms with van der Waals surface area (Å²) < 4.78 is 0. The van der Waals surface area contributed by atoms with Gasteiger partial charge in [0.1, 0.15) is 0 Å². The molecule has 0 aliphatic heterocycles. The smallest absolute Gasteiger partial charge is 0.230 e. The van der Waals surface area contributed by atoms with E-state index in [9.17, 15) is 4.79 Å². The van der Waals surface area contributed by atoms with E-state index in [2.05, 4.69) is 44.3 Å². The average molecular weight is 396 g/mol. The van der Waals surface area contributed by atoms with Gasteiger partial charge in [0.2, 0.25) is 5.91 Å². The Hall–Kier alpha value is -1.16. The molecule has 2 nitrogen and oxygen atoms in total. The van der Waals surface area contributed by atoms with Crippen molar-refractivity contribution in [2.45, 2.75) is 39.0 Å². The highest BCUT2D eigenvalue weighted by molar-refractivity contribution is 7.99. The number of nitrogens with one attached hydrogen (secondary N) is 1. The van der Waals surface area contributed by atoms with Crippen molar-refractivity contribution >= 4 is 40.9 Å². The second kappa shape index (κ2) is 9.51. The van der Waals surface area contributed by atoms with Crippen LogP contribution in [-0.4, -0.2) is 11.7 Å². The molecule has 1 atom stereocenters. The van der Waals surface area contributed by atoms with Crippen LogP contribution in [0.1, 0.15) is 41.6 Å². The molecule has 0 saturated carbocycles. The molecule has 134 valence electrons. The van der Waals surface area contributed by atoms with E-state index in [0.717, 1.165) is 17.5 Å². The van der Waals surface area contributed by atoms with E-state index in [1.165, 1.54) is 11.1 Å². The van der Waals surface area contributed by atoms with Gasteiger partial charge in [0.15, 0.2) is 0 Å². The monoisotopic (exact) mass is 395 g/mol. The number of thioether (sulfide) groups is 1. The molecule has 0 saturated heterocycles. The van der Waals surface area contributed by atoms with Crippen LogP contribution in [0.3, 0.4) is 0 Å². The zero-order valence-electron chi connectivity index (χ0n) is 14.7. The summed E-state index contributed by atoms with van der Waals surface area (Å²) in [7, 11) is 0. The van der Waals surface area contributed by atoms with Gasteiger partial charge in [0.05, 0.1) is 11.8 Å². The second-order valence-electron chi connectivity index (χ2n) is 6.10. The summed E-state index contributed by atoms with van der Waals surface area (Å²) in [5.41, 5.74) is 4.66. The third-order valence-electron chi connectivity index (χ3n) is 4.18. The highest BCUT2D eigenvalue weighted by Crippen LogP contribution is 2.25. The van der Waals surface area contributed by atoms with E-state index < -0.39 is 0 Å². The van der Waals surface area contributed by atoms with Gasteiger partial charge in [-0.2, -0.15) is 0 Å². The Morgan fingerprint density at radius 3 is 2.52 bits per heavy atom. The minimum Gasteiger partial charge on any atom is -0.349 e. The summed E-state index contributed by atoms with van der Waals surface area (Å²) in [6, 6.07) is 11.9. The Kier molecular flexibility index (Phi) is 7.67. The summed E-state index contributed by atoms with van der Waals surface area (Å²) in [5.74, 6) is 1.13. The van der Waals surface area contributed by atoms with E-state index >= 15 is 0 Å². The lowest BCUT2D eigenvalue weighted by Crippen LogP contribution is -2.29. The van der Waals surface area contributed by atoms with Crippen LogP contribution in [0.25, 0.3) is 0 Å². The van der Waals surface area contributed by atoms with Gasteiger partial charge in [-0.15, -0.1) is 11.8 Å². The van der Waals surface area contributed by atoms with Gasteiger partial charge < -0.3 is 5.32 Å². The van der Waals surface area contributed by atoms with Crippen LogP contribution in [0.2, 0.25) is 10.0 Å². The molecule has 0 heterocycles. The zero-order valence-corrected chi connectivity index (χ0v) is 17.1. The molecule has 2 rings (SSSR count). The minimum atomic E-state index is 0.0418. The first-order chi connectivity index (χ1) is 11.9. The molecule has 0 aliphatic carbocycles. The Morgan fingerprint density at radius 2 is 1.88 bits per heavy atom. The molecule has 25 heavy (non-hydrogen) atoms. The Balaban J connectivity index is 1.88. The predicted octanol–water partition coefficient (Wildman–Crippen LogP) is 6.11. The minimum absolute atomic E-state index is 0.0418. The van der Waals surface area contributed by atoms with Crippen molar-refractivity contribution in [3.05, 3.63) is 68.7 Å². The largest absolute Gasteiger partial charge is 0.349 e. The first-order valence-electron chi connectivity index (χ1n) is 8.29. The van der Waals surface area contributed by atoms with Gasteiger partial charge in [0.25, 0.3) is 0 Å². The number of amides is 1. The van der Waals surface area contributed by atoms with Crippen LogP contribution in [-0.2, 0) is 10.5 Å². The van der Waals surface area contributed by atoms with Gasteiger partial charge in [0, 0.05) is 15.8 Å². The summed E-state index contributed by atoms with van der Waals surface area (Å²) in [5, 5.41) is 4.39. The van der Waals surface area contributed by atoms with E-state index in [4.69, 9.17) is 23.2 Å². The van der Waals surface area contributed by atoms with Crippen LogP contribution < -0.4 is 5.32 Å². The first-order valence-corrected chi connectivity index (χ1v) is 10.2. The number of carbonyl (C=O) groups excluding carboxylic acids is 1. The normalized spacial score (nSPS) is 12.0. The summed E-state index contributed by atoms with van der Waals surface area (Å²) >= 11 is 13.6. The molecule has 0 fully saturated rings. The molecule has 0 bridgehead atoms. The quantitative estimate of drug-likeness (QED) is 0.612. The lowest BCUT2D eigenvalue weighted by molar-refractivity contribution is -0.119. The maximum absolute atomic E-state index is 12.3. The molecular weight excluding hydrogens is 373 g/mol. The molecule has 0 spiro atoms. The lowest BCUT2D eigenvalue weighted by Gasteiger charge is -2.18.